The number of aliphatic hydroxyl groups excluding tert-OH is 1. The average Bonchev–Trinajstić information content (AvgIpc) is 2.22. The average molecular weight is 226 g/mol. The standard InChI is InChI=1S/C13H22O3/c1-10-4-3-5-11(2)9-16-13(15)8-12(14)7-6-10/h3,5,10-12,14H,4,6-9H2,1-2H3/b5-3+/t10?,11?,12-/m1/s1. The Morgan fingerprint density at radius 3 is 2.88 bits per heavy atom. The van der Waals surface area contributed by atoms with E-state index in [1.165, 1.54) is 0 Å². The molecule has 1 aliphatic heterocycles. The van der Waals surface area contributed by atoms with Gasteiger partial charge in [-0.25, -0.2) is 0 Å². The van der Waals surface area contributed by atoms with Crippen molar-refractivity contribution in [3.05, 3.63) is 12.2 Å². The van der Waals surface area contributed by atoms with Gasteiger partial charge in [-0.3, -0.25) is 4.79 Å². The van der Waals surface area contributed by atoms with Crippen molar-refractivity contribution in [1.29, 1.82) is 0 Å². The molecule has 1 aliphatic rings. The van der Waals surface area contributed by atoms with Crippen molar-refractivity contribution in [2.24, 2.45) is 11.8 Å². The van der Waals surface area contributed by atoms with Gasteiger partial charge in [0, 0.05) is 5.92 Å². The van der Waals surface area contributed by atoms with Gasteiger partial charge in [-0.05, 0) is 25.2 Å². The highest BCUT2D eigenvalue weighted by Gasteiger charge is 2.14. The van der Waals surface area contributed by atoms with Gasteiger partial charge in [-0.1, -0.05) is 26.0 Å². The predicted molar refractivity (Wildman–Crippen MR) is 62.9 cm³/mol. The molecule has 0 aromatic rings. The van der Waals surface area contributed by atoms with E-state index < -0.39 is 6.10 Å². The Bertz CT molecular complexity index is 248. The Hall–Kier alpha value is -0.830. The number of esters is 1. The lowest BCUT2D eigenvalue weighted by molar-refractivity contribution is -0.146. The smallest absolute Gasteiger partial charge is 0.308 e. The minimum atomic E-state index is -0.548. The third kappa shape index (κ3) is 5.31. The Morgan fingerprint density at radius 2 is 2.12 bits per heavy atom. The molecule has 3 nitrogen and oxygen atoms in total. The summed E-state index contributed by atoms with van der Waals surface area (Å²) in [5.41, 5.74) is 0. The minimum absolute atomic E-state index is 0.128. The van der Waals surface area contributed by atoms with Crippen LogP contribution in [0.2, 0.25) is 0 Å². The molecule has 1 heterocycles. The summed E-state index contributed by atoms with van der Waals surface area (Å²) in [6.07, 6.45) is 6.49. The lowest BCUT2D eigenvalue weighted by Crippen LogP contribution is -2.19. The van der Waals surface area contributed by atoms with E-state index in [2.05, 4.69) is 19.1 Å². The number of carbonyl (C=O) groups is 1. The number of carbonyl (C=O) groups excluding carboxylic acids is 1. The molecule has 1 N–H and O–H groups in total. The highest BCUT2D eigenvalue weighted by atomic mass is 16.5. The van der Waals surface area contributed by atoms with Crippen LogP contribution in [0, 0.1) is 11.8 Å². The van der Waals surface area contributed by atoms with Gasteiger partial charge in [0.15, 0.2) is 0 Å². The van der Waals surface area contributed by atoms with Crippen molar-refractivity contribution in [1.82, 2.24) is 0 Å². The molecule has 0 spiro atoms. The molecule has 3 heteroatoms. The van der Waals surface area contributed by atoms with Gasteiger partial charge < -0.3 is 9.84 Å². The van der Waals surface area contributed by atoms with Crippen LogP contribution in [0.3, 0.4) is 0 Å². The molecule has 0 aromatic carbocycles. The summed E-state index contributed by atoms with van der Waals surface area (Å²) in [5.74, 6) is 0.530. The molecule has 92 valence electrons. The summed E-state index contributed by atoms with van der Waals surface area (Å²) < 4.78 is 5.07. The third-order valence-corrected chi connectivity index (χ3v) is 2.91. The maximum atomic E-state index is 11.3. The van der Waals surface area contributed by atoms with E-state index in [9.17, 15) is 9.90 Å². The summed E-state index contributed by atoms with van der Waals surface area (Å²) in [4.78, 5) is 11.3. The SMILES string of the molecule is CC1/C=C/CC(C)CC[C@@H](O)CC(=O)OC1. The van der Waals surface area contributed by atoms with Gasteiger partial charge in [-0.15, -0.1) is 0 Å². The maximum Gasteiger partial charge on any atom is 0.308 e. The van der Waals surface area contributed by atoms with E-state index in [-0.39, 0.29) is 18.3 Å². The zero-order valence-corrected chi connectivity index (χ0v) is 10.2. The molecule has 0 amide bonds. The third-order valence-electron chi connectivity index (χ3n) is 2.91. The van der Waals surface area contributed by atoms with Gasteiger partial charge in [0.2, 0.25) is 0 Å². The molecular formula is C13H22O3. The van der Waals surface area contributed by atoms with Crippen LogP contribution >= 0.6 is 0 Å². The van der Waals surface area contributed by atoms with Gasteiger partial charge >= 0.3 is 5.97 Å². The van der Waals surface area contributed by atoms with Crippen LogP contribution in [0.15, 0.2) is 12.2 Å². The Kier molecular flexibility index (Phi) is 5.53. The predicted octanol–water partition coefficient (Wildman–Crippen LogP) is 2.29. The van der Waals surface area contributed by atoms with E-state index in [4.69, 9.17) is 4.74 Å². The molecule has 0 saturated carbocycles. The highest BCUT2D eigenvalue weighted by Crippen LogP contribution is 2.16. The molecule has 2 unspecified atom stereocenters. The van der Waals surface area contributed by atoms with Crippen LogP contribution in [0.5, 0.6) is 0 Å². The summed E-state index contributed by atoms with van der Waals surface area (Å²) in [6, 6.07) is 0. The molecule has 0 aliphatic carbocycles. The van der Waals surface area contributed by atoms with Crippen molar-refractivity contribution in [3.8, 4) is 0 Å². The Balaban J connectivity index is 2.54. The molecule has 1 rings (SSSR count). The summed E-state index contributed by atoms with van der Waals surface area (Å²) in [5, 5.41) is 9.63. The lowest BCUT2D eigenvalue weighted by atomic mass is 9.97. The normalized spacial score (nSPS) is 35.7. The first kappa shape index (κ1) is 13.2. The van der Waals surface area contributed by atoms with E-state index in [1.54, 1.807) is 0 Å². The zero-order valence-electron chi connectivity index (χ0n) is 10.2. The molecule has 0 fully saturated rings. The van der Waals surface area contributed by atoms with E-state index >= 15 is 0 Å². The number of hydrogen-bond acceptors (Lipinski definition) is 3. The summed E-state index contributed by atoms with van der Waals surface area (Å²) in [7, 11) is 0. The monoisotopic (exact) mass is 226 g/mol. The molecule has 0 saturated heterocycles. The fourth-order valence-electron chi connectivity index (χ4n) is 1.77. The number of hydrogen-bond donors (Lipinski definition) is 1. The maximum absolute atomic E-state index is 11.3. The second-order valence-electron chi connectivity index (χ2n) is 4.86. The second-order valence-corrected chi connectivity index (χ2v) is 4.86. The van der Waals surface area contributed by atoms with Gasteiger partial charge in [-0.2, -0.15) is 0 Å². The van der Waals surface area contributed by atoms with E-state index in [0.717, 1.165) is 12.8 Å². The largest absolute Gasteiger partial charge is 0.465 e. The summed E-state index contributed by atoms with van der Waals surface area (Å²) in [6.45, 7) is 4.61. The number of ether oxygens (including phenoxy) is 1. The molecule has 0 bridgehead atoms. The van der Waals surface area contributed by atoms with E-state index in [0.29, 0.717) is 18.9 Å². The second kappa shape index (κ2) is 6.69. The first-order valence-electron chi connectivity index (χ1n) is 6.08. The van der Waals surface area contributed by atoms with E-state index in [1.807, 2.05) is 6.92 Å². The first-order valence-corrected chi connectivity index (χ1v) is 6.08. The zero-order chi connectivity index (χ0) is 12.0. The Morgan fingerprint density at radius 1 is 1.38 bits per heavy atom. The quantitative estimate of drug-likeness (QED) is 0.509. The van der Waals surface area contributed by atoms with Crippen LogP contribution in [0.25, 0.3) is 0 Å². The Labute approximate surface area is 97.5 Å². The summed E-state index contributed by atoms with van der Waals surface area (Å²) >= 11 is 0. The van der Waals surface area contributed by atoms with Crippen LogP contribution in [0.1, 0.15) is 39.5 Å². The number of cyclic esters (lactones) is 1. The minimum Gasteiger partial charge on any atom is -0.465 e. The molecule has 0 radical (unpaired) electrons. The molecule has 16 heavy (non-hydrogen) atoms. The van der Waals surface area contributed by atoms with Crippen molar-refractivity contribution in [2.75, 3.05) is 6.61 Å². The number of aliphatic hydroxyl groups is 1. The van der Waals surface area contributed by atoms with Crippen molar-refractivity contribution in [3.63, 3.8) is 0 Å². The topological polar surface area (TPSA) is 46.5 Å². The fraction of sp³-hybridized carbons (Fsp3) is 0.769. The first-order chi connectivity index (χ1) is 7.58. The van der Waals surface area contributed by atoms with Crippen LogP contribution < -0.4 is 0 Å². The van der Waals surface area contributed by atoms with Crippen LogP contribution in [0.4, 0.5) is 0 Å². The van der Waals surface area contributed by atoms with Gasteiger partial charge in [0.25, 0.3) is 0 Å². The molecular weight excluding hydrogens is 204 g/mol. The van der Waals surface area contributed by atoms with Crippen molar-refractivity contribution < 1.29 is 14.6 Å². The molecule has 3 atom stereocenters. The fourth-order valence-corrected chi connectivity index (χ4v) is 1.77. The lowest BCUT2D eigenvalue weighted by Gasteiger charge is -2.16. The van der Waals surface area contributed by atoms with Crippen molar-refractivity contribution in [2.45, 2.75) is 45.6 Å². The van der Waals surface area contributed by atoms with Gasteiger partial charge in [0.05, 0.1) is 19.1 Å². The number of rotatable bonds is 0. The molecule has 0 aromatic heterocycles. The van der Waals surface area contributed by atoms with Crippen molar-refractivity contribution >= 4 is 5.97 Å². The van der Waals surface area contributed by atoms with Gasteiger partial charge in [0.1, 0.15) is 0 Å². The number of allylic oxidation sites excluding steroid dienone is 1. The van der Waals surface area contributed by atoms with Crippen LogP contribution in [-0.4, -0.2) is 23.8 Å². The van der Waals surface area contributed by atoms with Crippen LogP contribution in [-0.2, 0) is 9.53 Å². The highest BCUT2D eigenvalue weighted by molar-refractivity contribution is 5.69.